The number of hydrogen-bond donors (Lipinski definition) is 1. The van der Waals surface area contributed by atoms with Crippen LogP contribution < -0.4 is 20.7 Å². The molecule has 0 aliphatic heterocycles. The summed E-state index contributed by atoms with van der Waals surface area (Å²) >= 11 is 0. The fraction of sp³-hybridized carbons (Fsp3) is 0.350. The van der Waals surface area contributed by atoms with E-state index in [0.29, 0.717) is 0 Å². The highest BCUT2D eigenvalue weighted by Crippen LogP contribution is 2.39. The van der Waals surface area contributed by atoms with Crippen LogP contribution in [0.3, 0.4) is 0 Å². The van der Waals surface area contributed by atoms with E-state index in [-0.39, 0.29) is 11.1 Å². The molecule has 2 aliphatic carbocycles. The second-order valence-corrected chi connectivity index (χ2v) is 20.5. The number of carbonyl (C=O) groups is 2. The van der Waals surface area contributed by atoms with Crippen molar-refractivity contribution in [3.8, 4) is 0 Å². The van der Waals surface area contributed by atoms with E-state index in [2.05, 4.69) is 48.5 Å². The summed E-state index contributed by atoms with van der Waals surface area (Å²) in [6, 6.07) is 40.5. The van der Waals surface area contributed by atoms with Gasteiger partial charge < -0.3 is 14.0 Å². The molecule has 0 aromatic heterocycles. The minimum atomic E-state index is -3.16. The van der Waals surface area contributed by atoms with Crippen LogP contribution in [0.15, 0.2) is 121 Å². The van der Waals surface area contributed by atoms with E-state index >= 15 is 0 Å². The Morgan fingerprint density at radius 1 is 0.532 bits per heavy atom. The molecule has 0 spiro atoms. The first-order valence-corrected chi connectivity index (χ1v) is 21.4. The summed E-state index contributed by atoms with van der Waals surface area (Å²) in [7, 11) is -6.25. The zero-order chi connectivity index (χ0) is 32.5. The first kappa shape index (κ1) is 33.1. The zero-order valence-corrected chi connectivity index (χ0v) is 29.1. The lowest BCUT2D eigenvalue weighted by molar-refractivity contribution is -0.150. The molecule has 0 amide bonds. The number of carbonyl (C=O) groups excluding carboxylic acids is 2. The molecular formula is C40H46O5Si2. The first-order valence-electron chi connectivity index (χ1n) is 17.4. The Morgan fingerprint density at radius 2 is 0.851 bits per heavy atom. The molecule has 6 rings (SSSR count). The summed E-state index contributed by atoms with van der Waals surface area (Å²) in [6.45, 7) is 0. The molecule has 0 bridgehead atoms. The van der Waals surface area contributed by atoms with Gasteiger partial charge in [-0.05, 0) is 57.5 Å². The Bertz CT molecular complexity index is 1490. The van der Waals surface area contributed by atoms with E-state index in [9.17, 15) is 14.7 Å². The van der Waals surface area contributed by atoms with Gasteiger partial charge in [0.1, 0.15) is 0 Å². The Hall–Kier alpha value is -3.79. The van der Waals surface area contributed by atoms with Crippen LogP contribution in [0, 0.1) is 0 Å². The van der Waals surface area contributed by atoms with Crippen LogP contribution in [0.5, 0.6) is 0 Å². The molecule has 1 unspecified atom stereocenters. The van der Waals surface area contributed by atoms with Gasteiger partial charge in [-0.2, -0.15) is 0 Å². The quantitative estimate of drug-likeness (QED) is 0.199. The highest BCUT2D eigenvalue weighted by Gasteiger charge is 2.52. The molecule has 7 heteroatoms. The monoisotopic (exact) mass is 662 g/mol. The molecule has 0 heterocycles. The average molecular weight is 663 g/mol. The average Bonchev–Trinajstić information content (AvgIpc) is 3.15. The van der Waals surface area contributed by atoms with Gasteiger partial charge in [0.15, 0.2) is 6.10 Å². The fourth-order valence-corrected chi connectivity index (χ4v) is 17.6. The maximum Gasteiger partial charge on any atom is 0.322 e. The summed E-state index contributed by atoms with van der Waals surface area (Å²) in [6.07, 6.45) is 8.52. The fourth-order valence-electron chi connectivity index (χ4n) is 8.13. The third-order valence-electron chi connectivity index (χ3n) is 10.3. The number of rotatable bonds is 11. The van der Waals surface area contributed by atoms with Crippen molar-refractivity contribution < 1.29 is 23.5 Å². The van der Waals surface area contributed by atoms with Gasteiger partial charge in [0, 0.05) is 0 Å². The van der Waals surface area contributed by atoms with Crippen molar-refractivity contribution >= 4 is 49.3 Å². The molecule has 0 radical (unpaired) electrons. The predicted octanol–water partition coefficient (Wildman–Crippen LogP) is 6.01. The molecule has 0 saturated heterocycles. The van der Waals surface area contributed by atoms with Crippen molar-refractivity contribution in [1.82, 2.24) is 0 Å². The molecule has 2 saturated carbocycles. The molecular weight excluding hydrogens is 617 g/mol. The van der Waals surface area contributed by atoms with Crippen LogP contribution in [0.25, 0.3) is 0 Å². The molecule has 47 heavy (non-hydrogen) atoms. The van der Waals surface area contributed by atoms with Crippen LogP contribution in [0.4, 0.5) is 0 Å². The summed E-state index contributed by atoms with van der Waals surface area (Å²) < 4.78 is 13.4. The lowest BCUT2D eigenvalue weighted by atomic mass is 10.0. The van der Waals surface area contributed by atoms with Crippen molar-refractivity contribution in [3.05, 3.63) is 121 Å². The summed E-state index contributed by atoms with van der Waals surface area (Å²) in [5.41, 5.74) is 0.378. The number of hydrogen-bond acceptors (Lipinski definition) is 5. The molecule has 1 N–H and O–H groups in total. The van der Waals surface area contributed by atoms with Gasteiger partial charge in [-0.15, -0.1) is 0 Å². The van der Waals surface area contributed by atoms with Crippen LogP contribution in [-0.2, 0) is 18.4 Å². The van der Waals surface area contributed by atoms with E-state index in [0.717, 1.165) is 72.1 Å². The summed E-state index contributed by atoms with van der Waals surface area (Å²) in [4.78, 5) is 28.1. The predicted molar refractivity (Wildman–Crippen MR) is 192 cm³/mol. The minimum absolute atomic E-state index is 0.173. The summed E-state index contributed by atoms with van der Waals surface area (Å²) in [5.74, 6) is -1.29. The molecule has 2 aliphatic rings. The van der Waals surface area contributed by atoms with E-state index in [4.69, 9.17) is 8.85 Å². The normalized spacial score (nSPS) is 17.0. The standard InChI is InChI=1S/C40H46O5Si2/c41-38(40(43)45-47(35-25-13-4-14-26-35,36-27-15-5-16-28-36)37-29-17-6-18-30-37)31-39(42)44-46(32-19-7-1-8-20-32,33-21-9-2-10-22-33)34-23-11-3-12-24-34/h1-2,4-5,7-10,13-16,19-22,25-28,34,37-38,41H,3,6,11-12,17-18,23-24,29-31H2. The lowest BCUT2D eigenvalue weighted by Crippen LogP contribution is -2.66. The SMILES string of the molecule is O=C(CC(O)C(=O)O[Si](c1ccccc1)(c1ccccc1)C1CCCCC1)O[Si](c1ccccc1)(c1ccccc1)C1CCCCC1. The number of aliphatic hydroxyl groups excluding tert-OH is 1. The second kappa shape index (κ2) is 15.4. The zero-order valence-electron chi connectivity index (χ0n) is 27.1. The first-order chi connectivity index (χ1) is 23.0. The molecule has 4 aromatic rings. The van der Waals surface area contributed by atoms with E-state index in [1.165, 1.54) is 12.8 Å². The Morgan fingerprint density at radius 3 is 1.19 bits per heavy atom. The number of benzene rings is 4. The Kier molecular flexibility index (Phi) is 10.9. The van der Waals surface area contributed by atoms with Crippen LogP contribution in [0.1, 0.15) is 70.6 Å². The van der Waals surface area contributed by atoms with Crippen molar-refractivity contribution in [2.24, 2.45) is 0 Å². The topological polar surface area (TPSA) is 72.8 Å². The van der Waals surface area contributed by atoms with E-state index in [1.54, 1.807) is 0 Å². The molecule has 1 atom stereocenters. The van der Waals surface area contributed by atoms with Gasteiger partial charge >= 0.3 is 22.6 Å². The van der Waals surface area contributed by atoms with E-state index < -0.39 is 41.1 Å². The Balaban J connectivity index is 1.31. The molecule has 2 fully saturated rings. The molecule has 244 valence electrons. The van der Waals surface area contributed by atoms with Crippen LogP contribution >= 0.6 is 0 Å². The number of aliphatic hydroxyl groups is 1. The lowest BCUT2D eigenvalue weighted by Gasteiger charge is -2.41. The van der Waals surface area contributed by atoms with Gasteiger partial charge in [0.05, 0.1) is 6.42 Å². The molecule has 5 nitrogen and oxygen atoms in total. The van der Waals surface area contributed by atoms with Crippen LogP contribution in [0.2, 0.25) is 11.1 Å². The van der Waals surface area contributed by atoms with Gasteiger partial charge in [-0.25, -0.2) is 0 Å². The van der Waals surface area contributed by atoms with Crippen molar-refractivity contribution in [2.45, 2.75) is 87.8 Å². The van der Waals surface area contributed by atoms with Gasteiger partial charge in [0.2, 0.25) is 0 Å². The van der Waals surface area contributed by atoms with Gasteiger partial charge in [-0.3, -0.25) is 9.59 Å². The van der Waals surface area contributed by atoms with E-state index in [1.807, 2.05) is 72.8 Å². The smallest absolute Gasteiger partial charge is 0.322 e. The highest BCUT2D eigenvalue weighted by molar-refractivity contribution is 7.00. The van der Waals surface area contributed by atoms with Crippen molar-refractivity contribution in [2.75, 3.05) is 0 Å². The maximum absolute atomic E-state index is 14.1. The minimum Gasteiger partial charge on any atom is -0.510 e. The highest BCUT2D eigenvalue weighted by atomic mass is 28.4. The Labute approximate surface area is 281 Å². The third-order valence-corrected chi connectivity index (χ3v) is 19.6. The largest absolute Gasteiger partial charge is 0.510 e. The third kappa shape index (κ3) is 7.08. The maximum atomic E-state index is 14.1. The van der Waals surface area contributed by atoms with Crippen LogP contribution in [-0.4, -0.2) is 39.8 Å². The van der Waals surface area contributed by atoms with Crippen molar-refractivity contribution in [3.63, 3.8) is 0 Å². The van der Waals surface area contributed by atoms with Gasteiger partial charge in [0.25, 0.3) is 5.97 Å². The second-order valence-electron chi connectivity index (χ2n) is 13.2. The molecule has 4 aromatic carbocycles. The van der Waals surface area contributed by atoms with Gasteiger partial charge in [-0.1, -0.05) is 160 Å². The van der Waals surface area contributed by atoms with Crippen molar-refractivity contribution in [1.29, 1.82) is 0 Å². The summed E-state index contributed by atoms with van der Waals surface area (Å²) in [5, 5.41) is 15.6.